The molecule has 1 aromatic rings. The first-order chi connectivity index (χ1) is 8.72. The van der Waals surface area contributed by atoms with Crippen LogP contribution in [0, 0.1) is 0 Å². The Hall–Kier alpha value is -1.03. The lowest BCUT2D eigenvalue weighted by molar-refractivity contribution is 0.604. The van der Waals surface area contributed by atoms with E-state index in [-0.39, 0.29) is 10.6 Å². The van der Waals surface area contributed by atoms with Gasteiger partial charge >= 0.3 is 0 Å². The molecule has 0 saturated heterocycles. The first kappa shape index (κ1) is 13.4. The molecular formula is C13H20ClN3O. The first-order valence-corrected chi connectivity index (χ1v) is 7.12. The van der Waals surface area contributed by atoms with Gasteiger partial charge in [-0.05, 0) is 19.8 Å². The van der Waals surface area contributed by atoms with Gasteiger partial charge < -0.3 is 5.32 Å². The summed E-state index contributed by atoms with van der Waals surface area (Å²) < 4.78 is 1.38. The van der Waals surface area contributed by atoms with Crippen LogP contribution in [0.2, 0.25) is 5.02 Å². The lowest BCUT2D eigenvalue weighted by atomic mass is 10.1. The van der Waals surface area contributed by atoms with Crippen molar-refractivity contribution in [1.82, 2.24) is 9.78 Å². The monoisotopic (exact) mass is 269 g/mol. The number of halogens is 1. The van der Waals surface area contributed by atoms with Gasteiger partial charge in [0.05, 0.1) is 11.9 Å². The third-order valence-electron chi connectivity index (χ3n) is 3.50. The standard InChI is InChI=1S/C13H20ClN3O/c1-2-17-13(18)12(14)11(9-15-17)16-10-7-5-3-4-6-8-10/h9-10,16H,2-8H2,1H3. The van der Waals surface area contributed by atoms with Gasteiger partial charge in [-0.3, -0.25) is 4.79 Å². The third kappa shape index (κ3) is 3.05. The predicted molar refractivity (Wildman–Crippen MR) is 74.3 cm³/mol. The maximum absolute atomic E-state index is 11.9. The summed E-state index contributed by atoms with van der Waals surface area (Å²) >= 11 is 6.10. The first-order valence-electron chi connectivity index (χ1n) is 6.74. The second kappa shape index (κ2) is 6.23. The Kier molecular flexibility index (Phi) is 4.64. The number of aryl methyl sites for hydroxylation is 1. The second-order valence-corrected chi connectivity index (χ2v) is 5.20. The van der Waals surface area contributed by atoms with Crippen LogP contribution < -0.4 is 10.9 Å². The Balaban J connectivity index is 2.13. The van der Waals surface area contributed by atoms with Crippen molar-refractivity contribution in [2.45, 2.75) is 58.0 Å². The van der Waals surface area contributed by atoms with Crippen LogP contribution in [0.3, 0.4) is 0 Å². The maximum Gasteiger partial charge on any atom is 0.287 e. The number of hydrogen-bond acceptors (Lipinski definition) is 3. The summed E-state index contributed by atoms with van der Waals surface area (Å²) in [5.41, 5.74) is 0.469. The van der Waals surface area contributed by atoms with Crippen LogP contribution in [0.5, 0.6) is 0 Å². The highest BCUT2D eigenvalue weighted by molar-refractivity contribution is 6.32. The molecule has 1 aliphatic rings. The van der Waals surface area contributed by atoms with Gasteiger partial charge in [-0.15, -0.1) is 0 Å². The van der Waals surface area contributed by atoms with E-state index >= 15 is 0 Å². The molecule has 0 bridgehead atoms. The lowest BCUT2D eigenvalue weighted by Gasteiger charge is -2.18. The van der Waals surface area contributed by atoms with E-state index in [0.29, 0.717) is 18.3 Å². The van der Waals surface area contributed by atoms with Gasteiger partial charge in [0.2, 0.25) is 0 Å². The van der Waals surface area contributed by atoms with Crippen LogP contribution in [0.15, 0.2) is 11.0 Å². The predicted octanol–water partition coefficient (Wildman–Crippen LogP) is 3.05. The second-order valence-electron chi connectivity index (χ2n) is 4.83. The van der Waals surface area contributed by atoms with E-state index in [1.165, 1.54) is 30.4 Å². The molecular weight excluding hydrogens is 250 g/mol. The van der Waals surface area contributed by atoms with Crippen molar-refractivity contribution in [2.24, 2.45) is 0 Å². The van der Waals surface area contributed by atoms with Gasteiger partial charge in [0, 0.05) is 12.6 Å². The molecule has 100 valence electrons. The molecule has 1 aromatic heterocycles. The van der Waals surface area contributed by atoms with Crippen molar-refractivity contribution in [3.63, 3.8) is 0 Å². The zero-order valence-electron chi connectivity index (χ0n) is 10.8. The van der Waals surface area contributed by atoms with Gasteiger partial charge in [0.15, 0.2) is 0 Å². The van der Waals surface area contributed by atoms with Gasteiger partial charge in [-0.25, -0.2) is 4.68 Å². The molecule has 4 nitrogen and oxygen atoms in total. The van der Waals surface area contributed by atoms with Gasteiger partial charge in [-0.1, -0.05) is 37.3 Å². The van der Waals surface area contributed by atoms with E-state index in [0.717, 1.165) is 12.8 Å². The van der Waals surface area contributed by atoms with E-state index in [4.69, 9.17) is 11.6 Å². The molecule has 0 aliphatic heterocycles. The summed E-state index contributed by atoms with van der Waals surface area (Å²) in [6, 6.07) is 0.420. The van der Waals surface area contributed by atoms with Crippen molar-refractivity contribution in [3.8, 4) is 0 Å². The molecule has 1 N–H and O–H groups in total. The van der Waals surface area contributed by atoms with Gasteiger partial charge in [0.25, 0.3) is 5.56 Å². The number of nitrogens with one attached hydrogen (secondary N) is 1. The minimum atomic E-state index is -0.210. The molecule has 1 saturated carbocycles. The molecule has 0 atom stereocenters. The molecule has 1 aliphatic carbocycles. The average Bonchev–Trinajstić information content (AvgIpc) is 2.64. The molecule has 5 heteroatoms. The highest BCUT2D eigenvalue weighted by Gasteiger charge is 2.15. The quantitative estimate of drug-likeness (QED) is 0.858. The number of rotatable bonds is 3. The summed E-state index contributed by atoms with van der Waals surface area (Å²) in [6.45, 7) is 2.42. The van der Waals surface area contributed by atoms with Gasteiger partial charge in [0.1, 0.15) is 5.02 Å². The van der Waals surface area contributed by atoms with Crippen LogP contribution in [-0.4, -0.2) is 15.8 Å². The molecule has 18 heavy (non-hydrogen) atoms. The molecule has 0 spiro atoms. The number of nitrogens with zero attached hydrogens (tertiary/aromatic N) is 2. The summed E-state index contributed by atoms with van der Waals surface area (Å²) in [4.78, 5) is 11.9. The van der Waals surface area contributed by atoms with Gasteiger partial charge in [-0.2, -0.15) is 5.10 Å². The Labute approximate surface area is 112 Å². The van der Waals surface area contributed by atoms with Crippen LogP contribution in [-0.2, 0) is 6.54 Å². The fourth-order valence-corrected chi connectivity index (χ4v) is 2.64. The van der Waals surface area contributed by atoms with Crippen LogP contribution in [0.4, 0.5) is 5.69 Å². The molecule has 0 aromatic carbocycles. The van der Waals surface area contributed by atoms with E-state index in [9.17, 15) is 4.79 Å². The minimum Gasteiger partial charge on any atom is -0.380 e. The van der Waals surface area contributed by atoms with Crippen molar-refractivity contribution in [1.29, 1.82) is 0 Å². The third-order valence-corrected chi connectivity index (χ3v) is 3.86. The summed E-state index contributed by atoms with van der Waals surface area (Å²) in [6.07, 6.45) is 9.06. The number of aromatic nitrogens is 2. The topological polar surface area (TPSA) is 46.9 Å². The van der Waals surface area contributed by atoms with Crippen molar-refractivity contribution < 1.29 is 0 Å². The SMILES string of the molecule is CCn1ncc(NC2CCCCCC2)c(Cl)c1=O. The zero-order chi connectivity index (χ0) is 13.0. The summed E-state index contributed by atoms with van der Waals surface area (Å²) in [5, 5.41) is 7.74. The summed E-state index contributed by atoms with van der Waals surface area (Å²) in [5.74, 6) is 0. The smallest absolute Gasteiger partial charge is 0.287 e. The lowest BCUT2D eigenvalue weighted by Crippen LogP contribution is -2.26. The van der Waals surface area contributed by atoms with Crippen molar-refractivity contribution in [3.05, 3.63) is 21.6 Å². The van der Waals surface area contributed by atoms with E-state index in [2.05, 4.69) is 10.4 Å². The van der Waals surface area contributed by atoms with Crippen molar-refractivity contribution >= 4 is 17.3 Å². The molecule has 0 unspecified atom stereocenters. The van der Waals surface area contributed by atoms with Crippen LogP contribution in [0.1, 0.15) is 45.4 Å². The molecule has 1 heterocycles. The van der Waals surface area contributed by atoms with E-state index in [1.807, 2.05) is 6.92 Å². The molecule has 1 fully saturated rings. The Bertz CT molecular complexity index is 450. The maximum atomic E-state index is 11.9. The number of anilines is 1. The Morgan fingerprint density at radius 1 is 1.39 bits per heavy atom. The molecule has 0 radical (unpaired) electrons. The normalized spacial score (nSPS) is 17.4. The fraction of sp³-hybridized carbons (Fsp3) is 0.692. The zero-order valence-corrected chi connectivity index (χ0v) is 11.5. The highest BCUT2D eigenvalue weighted by Crippen LogP contribution is 2.23. The van der Waals surface area contributed by atoms with E-state index < -0.39 is 0 Å². The Morgan fingerprint density at radius 3 is 2.67 bits per heavy atom. The summed E-state index contributed by atoms with van der Waals surface area (Å²) in [7, 11) is 0. The van der Waals surface area contributed by atoms with Crippen molar-refractivity contribution in [2.75, 3.05) is 5.32 Å². The average molecular weight is 270 g/mol. The minimum absolute atomic E-state index is 0.210. The highest BCUT2D eigenvalue weighted by atomic mass is 35.5. The Morgan fingerprint density at radius 2 is 2.06 bits per heavy atom. The molecule has 0 amide bonds. The van der Waals surface area contributed by atoms with Crippen LogP contribution in [0.25, 0.3) is 0 Å². The largest absolute Gasteiger partial charge is 0.380 e. The van der Waals surface area contributed by atoms with Crippen LogP contribution >= 0.6 is 11.6 Å². The fourth-order valence-electron chi connectivity index (χ4n) is 2.43. The van der Waals surface area contributed by atoms with E-state index in [1.54, 1.807) is 6.20 Å². The molecule has 2 rings (SSSR count). The number of hydrogen-bond donors (Lipinski definition) is 1.